The maximum atomic E-state index is 12.9. The second-order valence-electron chi connectivity index (χ2n) is 6.76. The van der Waals surface area contributed by atoms with Crippen LogP contribution in [0, 0.1) is 13.8 Å². The molecule has 0 N–H and O–H groups in total. The summed E-state index contributed by atoms with van der Waals surface area (Å²) < 4.78 is 32.4. The zero-order chi connectivity index (χ0) is 18.2. The summed E-state index contributed by atoms with van der Waals surface area (Å²) in [5.74, 6) is 0.783. The summed E-state index contributed by atoms with van der Waals surface area (Å²) in [6.07, 6.45) is 0. The first-order valence-corrected chi connectivity index (χ1v) is 10.0. The number of hydrogen-bond acceptors (Lipinski definition) is 5. The Kier molecular flexibility index (Phi) is 4.88. The van der Waals surface area contributed by atoms with E-state index in [2.05, 4.69) is 42.1 Å². The van der Waals surface area contributed by atoms with Crippen LogP contribution in [-0.2, 0) is 10.0 Å². The van der Waals surface area contributed by atoms with Crippen molar-refractivity contribution < 1.29 is 12.9 Å². The van der Waals surface area contributed by atoms with Gasteiger partial charge in [0.25, 0.3) is 0 Å². The third-order valence-corrected chi connectivity index (χ3v) is 6.85. The lowest BCUT2D eigenvalue weighted by Crippen LogP contribution is -2.49. The normalized spacial score (nSPS) is 16.6. The third-order valence-electron chi connectivity index (χ3n) is 4.70. The molecule has 1 aromatic heterocycles. The van der Waals surface area contributed by atoms with Gasteiger partial charge < -0.3 is 9.42 Å². The summed E-state index contributed by atoms with van der Waals surface area (Å²) in [5, 5.41) is 3.78. The smallest absolute Gasteiger partial charge is 0.248 e. The van der Waals surface area contributed by atoms with Crippen LogP contribution in [0.25, 0.3) is 0 Å². The predicted molar refractivity (Wildman–Crippen MR) is 97.5 cm³/mol. The lowest BCUT2D eigenvalue weighted by molar-refractivity contribution is 0.378. The van der Waals surface area contributed by atoms with E-state index >= 15 is 0 Å². The molecule has 0 bridgehead atoms. The molecule has 0 spiro atoms. The Labute approximate surface area is 149 Å². The van der Waals surface area contributed by atoms with Crippen molar-refractivity contribution in [3.63, 3.8) is 0 Å². The van der Waals surface area contributed by atoms with Crippen LogP contribution < -0.4 is 4.90 Å². The van der Waals surface area contributed by atoms with Crippen molar-refractivity contribution in [2.24, 2.45) is 0 Å². The number of nitrogens with zero attached hydrogens (tertiary/aromatic N) is 3. The number of sulfonamides is 1. The van der Waals surface area contributed by atoms with Gasteiger partial charge >= 0.3 is 0 Å². The minimum absolute atomic E-state index is 0.212. The van der Waals surface area contributed by atoms with Crippen molar-refractivity contribution in [2.45, 2.75) is 38.5 Å². The molecule has 0 aliphatic carbocycles. The van der Waals surface area contributed by atoms with E-state index in [0.29, 0.717) is 43.6 Å². The average molecular weight is 363 g/mol. The standard InChI is InChI=1S/C18H25N3O3S/c1-13(2)16-7-5-6-8-17(16)20-9-11-21(12-10-20)25(22,23)18-14(3)19-24-15(18)4/h5-8,13H,9-12H2,1-4H3. The van der Waals surface area contributed by atoms with Gasteiger partial charge in [0.2, 0.25) is 10.0 Å². The van der Waals surface area contributed by atoms with Crippen LogP contribution in [0.5, 0.6) is 0 Å². The zero-order valence-corrected chi connectivity index (χ0v) is 16.0. The van der Waals surface area contributed by atoms with Crippen LogP contribution in [0.15, 0.2) is 33.7 Å². The molecule has 1 aliphatic heterocycles. The molecular weight excluding hydrogens is 338 g/mol. The van der Waals surface area contributed by atoms with E-state index in [1.165, 1.54) is 15.6 Å². The fourth-order valence-electron chi connectivity index (χ4n) is 3.41. The summed E-state index contributed by atoms with van der Waals surface area (Å²) in [4.78, 5) is 2.48. The van der Waals surface area contributed by atoms with Gasteiger partial charge in [-0.15, -0.1) is 0 Å². The first-order chi connectivity index (χ1) is 11.8. The van der Waals surface area contributed by atoms with Crippen molar-refractivity contribution in [3.05, 3.63) is 41.3 Å². The van der Waals surface area contributed by atoms with Crippen molar-refractivity contribution in [3.8, 4) is 0 Å². The van der Waals surface area contributed by atoms with E-state index in [-0.39, 0.29) is 4.90 Å². The second kappa shape index (κ2) is 6.80. The molecule has 0 radical (unpaired) electrons. The Morgan fingerprint density at radius 3 is 2.28 bits per heavy atom. The summed E-state index contributed by atoms with van der Waals surface area (Å²) >= 11 is 0. The Morgan fingerprint density at radius 1 is 1.08 bits per heavy atom. The third kappa shape index (κ3) is 3.30. The molecule has 3 rings (SSSR count). The number of para-hydroxylation sites is 1. The Hall–Kier alpha value is -1.86. The molecule has 1 fully saturated rings. The molecule has 25 heavy (non-hydrogen) atoms. The van der Waals surface area contributed by atoms with Crippen molar-refractivity contribution in [1.29, 1.82) is 0 Å². The highest BCUT2D eigenvalue weighted by Gasteiger charge is 2.33. The molecule has 1 aromatic carbocycles. The summed E-state index contributed by atoms with van der Waals surface area (Å²) in [6.45, 7) is 9.92. The molecule has 0 saturated carbocycles. The van der Waals surface area contributed by atoms with Gasteiger partial charge in [0.15, 0.2) is 5.76 Å². The maximum Gasteiger partial charge on any atom is 0.248 e. The van der Waals surface area contributed by atoms with Crippen LogP contribution in [0.2, 0.25) is 0 Å². The molecule has 1 saturated heterocycles. The molecule has 2 heterocycles. The minimum atomic E-state index is -3.56. The van der Waals surface area contributed by atoms with Crippen molar-refractivity contribution in [2.75, 3.05) is 31.1 Å². The molecular formula is C18H25N3O3S. The van der Waals surface area contributed by atoms with Crippen LogP contribution in [0.3, 0.4) is 0 Å². The van der Waals surface area contributed by atoms with Gasteiger partial charge in [-0.3, -0.25) is 0 Å². The molecule has 1 aliphatic rings. The van der Waals surface area contributed by atoms with Crippen molar-refractivity contribution in [1.82, 2.24) is 9.46 Å². The highest BCUT2D eigenvalue weighted by atomic mass is 32.2. The Morgan fingerprint density at radius 2 is 1.72 bits per heavy atom. The Balaban J connectivity index is 1.79. The highest BCUT2D eigenvalue weighted by molar-refractivity contribution is 7.89. The monoisotopic (exact) mass is 363 g/mol. The fraction of sp³-hybridized carbons (Fsp3) is 0.500. The summed E-state index contributed by atoms with van der Waals surface area (Å²) in [5.41, 5.74) is 2.92. The lowest BCUT2D eigenvalue weighted by atomic mass is 10.00. The zero-order valence-electron chi connectivity index (χ0n) is 15.2. The van der Waals surface area contributed by atoms with E-state index in [9.17, 15) is 8.42 Å². The Bertz CT molecular complexity index is 831. The van der Waals surface area contributed by atoms with Crippen LogP contribution in [-0.4, -0.2) is 44.1 Å². The number of piperazine rings is 1. The van der Waals surface area contributed by atoms with Crippen LogP contribution in [0.4, 0.5) is 5.69 Å². The van der Waals surface area contributed by atoms with Gasteiger partial charge in [-0.25, -0.2) is 8.42 Å². The highest BCUT2D eigenvalue weighted by Crippen LogP contribution is 2.30. The van der Waals surface area contributed by atoms with Crippen LogP contribution >= 0.6 is 0 Å². The summed E-state index contributed by atoms with van der Waals surface area (Å²) in [7, 11) is -3.56. The van der Waals surface area contributed by atoms with Crippen molar-refractivity contribution >= 4 is 15.7 Å². The largest absolute Gasteiger partial charge is 0.369 e. The molecule has 7 heteroatoms. The van der Waals surface area contributed by atoms with Gasteiger partial charge in [-0.05, 0) is 31.4 Å². The molecule has 136 valence electrons. The van der Waals surface area contributed by atoms with Gasteiger partial charge in [0, 0.05) is 31.9 Å². The lowest BCUT2D eigenvalue weighted by Gasteiger charge is -2.36. The molecule has 6 nitrogen and oxygen atoms in total. The average Bonchev–Trinajstić information content (AvgIpc) is 2.94. The van der Waals surface area contributed by atoms with Gasteiger partial charge in [0.05, 0.1) is 0 Å². The molecule has 0 unspecified atom stereocenters. The maximum absolute atomic E-state index is 12.9. The minimum Gasteiger partial charge on any atom is -0.369 e. The number of rotatable bonds is 4. The number of anilines is 1. The quantitative estimate of drug-likeness (QED) is 0.835. The van der Waals surface area contributed by atoms with Gasteiger partial charge in [0.1, 0.15) is 10.6 Å². The van der Waals surface area contributed by atoms with Gasteiger partial charge in [-0.1, -0.05) is 37.2 Å². The topological polar surface area (TPSA) is 66.7 Å². The van der Waals surface area contributed by atoms with E-state index in [1.54, 1.807) is 13.8 Å². The van der Waals surface area contributed by atoms with Gasteiger partial charge in [-0.2, -0.15) is 4.31 Å². The first kappa shape index (κ1) is 17.9. The number of hydrogen-bond donors (Lipinski definition) is 0. The summed E-state index contributed by atoms with van der Waals surface area (Å²) in [6, 6.07) is 8.35. The number of benzene rings is 1. The predicted octanol–water partition coefficient (Wildman–Crippen LogP) is 2.93. The van der Waals surface area contributed by atoms with Crippen LogP contribution in [0.1, 0.15) is 36.8 Å². The first-order valence-electron chi connectivity index (χ1n) is 8.59. The fourth-order valence-corrected chi connectivity index (χ4v) is 5.12. The molecule has 2 aromatic rings. The number of aromatic nitrogens is 1. The second-order valence-corrected chi connectivity index (χ2v) is 8.63. The van der Waals surface area contributed by atoms with E-state index in [4.69, 9.17) is 4.52 Å². The molecule has 0 amide bonds. The van der Waals surface area contributed by atoms with E-state index in [1.807, 2.05) is 6.07 Å². The molecule has 0 atom stereocenters. The number of aryl methyl sites for hydroxylation is 2. The van der Waals surface area contributed by atoms with E-state index in [0.717, 1.165) is 0 Å². The SMILES string of the molecule is Cc1noc(C)c1S(=O)(=O)N1CCN(c2ccccc2C(C)C)CC1. The van der Waals surface area contributed by atoms with E-state index < -0.39 is 10.0 Å².